The Kier molecular flexibility index (Phi) is 4.11. The predicted molar refractivity (Wildman–Crippen MR) is 77.9 cm³/mol. The summed E-state index contributed by atoms with van der Waals surface area (Å²) in [6, 6.07) is 7.64. The highest BCUT2D eigenvalue weighted by Gasteiger charge is 2.08. The fraction of sp³-hybridized carbons (Fsp3) is 0.143. The molecule has 0 spiro atoms. The van der Waals surface area contributed by atoms with Gasteiger partial charge in [-0.05, 0) is 24.3 Å². The van der Waals surface area contributed by atoms with Gasteiger partial charge in [0, 0.05) is 5.56 Å². The molecule has 0 aliphatic carbocycles. The molecular weight excluding hydrogens is 288 g/mol. The number of benzene rings is 1. The van der Waals surface area contributed by atoms with Gasteiger partial charge in [-0.2, -0.15) is 0 Å². The molecule has 0 aliphatic rings. The summed E-state index contributed by atoms with van der Waals surface area (Å²) >= 11 is 1.45. The monoisotopic (exact) mass is 300 g/mol. The van der Waals surface area contributed by atoms with Gasteiger partial charge in [-0.25, -0.2) is 19.9 Å². The first kappa shape index (κ1) is 13.6. The zero-order valence-electron chi connectivity index (χ0n) is 11.3. The highest BCUT2D eigenvalue weighted by molar-refractivity contribution is 7.98. The average Bonchev–Trinajstić information content (AvgIpc) is 3.03. The molecule has 0 saturated carbocycles. The second-order valence-electron chi connectivity index (χ2n) is 4.06. The van der Waals surface area contributed by atoms with Gasteiger partial charge in [0.1, 0.15) is 18.4 Å². The third-order valence-corrected chi connectivity index (χ3v) is 3.58. The summed E-state index contributed by atoms with van der Waals surface area (Å²) in [4.78, 5) is 16.1. The van der Waals surface area contributed by atoms with Crippen LogP contribution in [0.2, 0.25) is 0 Å². The first-order valence-corrected chi connectivity index (χ1v) is 7.17. The molecule has 7 heteroatoms. The number of hydrogen-bond donors (Lipinski definition) is 0. The van der Waals surface area contributed by atoms with E-state index in [2.05, 4.69) is 19.9 Å². The van der Waals surface area contributed by atoms with E-state index in [1.165, 1.54) is 24.4 Å². The molecule has 2 heterocycles. The number of ether oxygens (including phenoxy) is 1. The molecule has 0 aliphatic heterocycles. The minimum Gasteiger partial charge on any atom is -0.497 e. The maximum atomic E-state index is 5.72. The standard InChI is InChI=1S/C14H12N4O2S/c1-19-11-4-2-10(3-5-11)12-6-16-13(20-12)7-21-14-17-8-15-9-18-14/h2-6,8-9H,7H2,1H3. The Hall–Kier alpha value is -2.41. The van der Waals surface area contributed by atoms with Gasteiger partial charge in [-0.15, -0.1) is 0 Å². The molecule has 0 unspecified atom stereocenters. The molecule has 0 fully saturated rings. The van der Waals surface area contributed by atoms with E-state index in [0.717, 1.165) is 17.1 Å². The summed E-state index contributed by atoms with van der Waals surface area (Å²) < 4.78 is 10.9. The van der Waals surface area contributed by atoms with Crippen molar-refractivity contribution in [2.24, 2.45) is 0 Å². The molecule has 0 radical (unpaired) electrons. The fourth-order valence-corrected chi connectivity index (χ4v) is 2.32. The molecular formula is C14H12N4O2S. The molecule has 3 aromatic rings. The molecule has 0 saturated heterocycles. The largest absolute Gasteiger partial charge is 0.497 e. The minimum absolute atomic E-state index is 0.570. The Morgan fingerprint density at radius 3 is 2.57 bits per heavy atom. The van der Waals surface area contributed by atoms with Crippen LogP contribution in [0.1, 0.15) is 5.89 Å². The summed E-state index contributed by atoms with van der Waals surface area (Å²) in [6.07, 6.45) is 4.65. The minimum atomic E-state index is 0.570. The van der Waals surface area contributed by atoms with Crippen molar-refractivity contribution in [3.63, 3.8) is 0 Å². The summed E-state index contributed by atoms with van der Waals surface area (Å²) in [6.45, 7) is 0. The smallest absolute Gasteiger partial charge is 0.205 e. The predicted octanol–water partition coefficient (Wildman–Crippen LogP) is 2.83. The average molecular weight is 300 g/mol. The number of nitrogens with zero attached hydrogens (tertiary/aromatic N) is 4. The Morgan fingerprint density at radius 2 is 1.86 bits per heavy atom. The lowest BCUT2D eigenvalue weighted by atomic mass is 10.2. The Balaban J connectivity index is 1.68. The Bertz CT molecular complexity index is 701. The Labute approximate surface area is 125 Å². The first-order chi connectivity index (χ1) is 10.3. The van der Waals surface area contributed by atoms with Crippen molar-refractivity contribution >= 4 is 11.8 Å². The second-order valence-corrected chi connectivity index (χ2v) is 5.00. The van der Waals surface area contributed by atoms with Crippen molar-refractivity contribution in [3.8, 4) is 17.1 Å². The van der Waals surface area contributed by atoms with Crippen LogP contribution < -0.4 is 4.74 Å². The third-order valence-electron chi connectivity index (χ3n) is 2.72. The number of thioether (sulfide) groups is 1. The van der Waals surface area contributed by atoms with E-state index in [4.69, 9.17) is 9.15 Å². The van der Waals surface area contributed by atoms with Crippen molar-refractivity contribution in [1.82, 2.24) is 19.9 Å². The van der Waals surface area contributed by atoms with Crippen LogP contribution in [0.3, 0.4) is 0 Å². The summed E-state index contributed by atoms with van der Waals surface area (Å²) in [5.74, 6) is 2.74. The van der Waals surface area contributed by atoms with Gasteiger partial charge in [-0.1, -0.05) is 11.8 Å². The van der Waals surface area contributed by atoms with Gasteiger partial charge in [0.15, 0.2) is 10.9 Å². The third kappa shape index (κ3) is 3.38. The van der Waals surface area contributed by atoms with Crippen molar-refractivity contribution in [2.45, 2.75) is 10.9 Å². The van der Waals surface area contributed by atoms with Crippen LogP contribution in [0.25, 0.3) is 11.3 Å². The maximum Gasteiger partial charge on any atom is 0.205 e. The normalized spacial score (nSPS) is 10.5. The van der Waals surface area contributed by atoms with E-state index >= 15 is 0 Å². The topological polar surface area (TPSA) is 73.9 Å². The van der Waals surface area contributed by atoms with Gasteiger partial charge in [-0.3, -0.25) is 0 Å². The van der Waals surface area contributed by atoms with Crippen LogP contribution in [0.5, 0.6) is 5.75 Å². The highest BCUT2D eigenvalue weighted by Crippen LogP contribution is 2.25. The molecule has 106 valence electrons. The van der Waals surface area contributed by atoms with E-state index in [9.17, 15) is 0 Å². The highest BCUT2D eigenvalue weighted by atomic mass is 32.2. The molecule has 2 aromatic heterocycles. The van der Waals surface area contributed by atoms with Gasteiger partial charge in [0.05, 0.1) is 19.1 Å². The van der Waals surface area contributed by atoms with Crippen LogP contribution in [0.4, 0.5) is 0 Å². The van der Waals surface area contributed by atoms with Crippen molar-refractivity contribution < 1.29 is 9.15 Å². The van der Waals surface area contributed by atoms with Crippen LogP contribution >= 0.6 is 11.8 Å². The molecule has 0 bridgehead atoms. The van der Waals surface area contributed by atoms with Crippen molar-refractivity contribution in [2.75, 3.05) is 7.11 Å². The van der Waals surface area contributed by atoms with Gasteiger partial charge < -0.3 is 9.15 Å². The zero-order chi connectivity index (χ0) is 14.5. The molecule has 0 N–H and O–H groups in total. The van der Waals surface area contributed by atoms with Crippen LogP contribution in [0, 0.1) is 0 Å². The van der Waals surface area contributed by atoms with Crippen LogP contribution in [0.15, 0.2) is 52.7 Å². The lowest BCUT2D eigenvalue weighted by molar-refractivity contribution is 0.415. The van der Waals surface area contributed by atoms with Crippen molar-refractivity contribution in [3.05, 3.63) is 49.0 Å². The van der Waals surface area contributed by atoms with E-state index in [1.807, 2.05) is 24.3 Å². The molecule has 3 rings (SSSR count). The number of oxazole rings is 1. The molecule has 0 atom stereocenters. The van der Waals surface area contributed by atoms with Gasteiger partial charge in [0.2, 0.25) is 5.89 Å². The zero-order valence-corrected chi connectivity index (χ0v) is 12.1. The summed E-state index contributed by atoms with van der Waals surface area (Å²) in [5.41, 5.74) is 0.958. The summed E-state index contributed by atoms with van der Waals surface area (Å²) in [7, 11) is 1.64. The quantitative estimate of drug-likeness (QED) is 0.671. The number of hydrogen-bond acceptors (Lipinski definition) is 7. The van der Waals surface area contributed by atoms with E-state index in [1.54, 1.807) is 13.3 Å². The number of aromatic nitrogens is 4. The maximum absolute atomic E-state index is 5.72. The van der Waals surface area contributed by atoms with E-state index in [-0.39, 0.29) is 0 Å². The van der Waals surface area contributed by atoms with E-state index in [0.29, 0.717) is 16.8 Å². The molecule has 1 aromatic carbocycles. The van der Waals surface area contributed by atoms with Crippen LogP contribution in [-0.2, 0) is 5.75 Å². The molecule has 6 nitrogen and oxygen atoms in total. The fourth-order valence-electron chi connectivity index (χ4n) is 1.70. The second kappa shape index (κ2) is 6.36. The Morgan fingerprint density at radius 1 is 1.10 bits per heavy atom. The molecule has 0 amide bonds. The van der Waals surface area contributed by atoms with E-state index < -0.39 is 0 Å². The number of rotatable bonds is 5. The SMILES string of the molecule is COc1ccc(-c2cnc(CSc3ncncn3)o2)cc1. The molecule has 21 heavy (non-hydrogen) atoms. The lowest BCUT2D eigenvalue weighted by Gasteiger charge is -2.00. The number of methoxy groups -OCH3 is 1. The van der Waals surface area contributed by atoms with Gasteiger partial charge in [0.25, 0.3) is 0 Å². The van der Waals surface area contributed by atoms with Crippen molar-refractivity contribution in [1.29, 1.82) is 0 Å². The van der Waals surface area contributed by atoms with Crippen LogP contribution in [-0.4, -0.2) is 27.0 Å². The first-order valence-electron chi connectivity index (χ1n) is 6.19. The summed E-state index contributed by atoms with van der Waals surface area (Å²) in [5, 5.41) is 0.647. The lowest BCUT2D eigenvalue weighted by Crippen LogP contribution is -1.87. The van der Waals surface area contributed by atoms with Gasteiger partial charge >= 0.3 is 0 Å².